The maximum Gasteiger partial charge on any atom is 0.0596 e. The predicted octanol–water partition coefficient (Wildman–Crippen LogP) is 1.66. The molecule has 13 heavy (non-hydrogen) atoms. The Balaban J connectivity index is 0.00000144. The molecule has 0 fully saturated rings. The zero-order valence-electron chi connectivity index (χ0n) is 8.29. The lowest BCUT2D eigenvalue weighted by atomic mass is 10.3. The topological polar surface area (TPSA) is 43.8 Å². The first kappa shape index (κ1) is 12.5. The van der Waals surface area contributed by atoms with Gasteiger partial charge in [-0.25, -0.2) is 0 Å². The summed E-state index contributed by atoms with van der Waals surface area (Å²) in [6.45, 7) is 5.88. The van der Waals surface area contributed by atoms with E-state index in [1.807, 2.05) is 11.6 Å². The highest BCUT2D eigenvalue weighted by atomic mass is 35.5. The first-order valence-corrected chi connectivity index (χ1v) is 4.45. The quantitative estimate of drug-likeness (QED) is 0.757. The van der Waals surface area contributed by atoms with Crippen LogP contribution in [0.15, 0.2) is 6.07 Å². The lowest BCUT2D eigenvalue weighted by molar-refractivity contribution is 0.547. The molecule has 0 atom stereocenters. The fraction of sp³-hybridized carbons (Fsp3) is 0.667. The standard InChI is InChI=1S/C9H17N3.ClH/c1-8-7-9(2)12(11-8)6-4-3-5-10;/h7H,3-6,10H2,1-2H3;1H. The molecule has 0 aromatic carbocycles. The van der Waals surface area contributed by atoms with Gasteiger partial charge in [0.25, 0.3) is 0 Å². The van der Waals surface area contributed by atoms with E-state index in [2.05, 4.69) is 18.1 Å². The van der Waals surface area contributed by atoms with Crippen molar-refractivity contribution in [2.24, 2.45) is 5.73 Å². The average Bonchev–Trinajstić information content (AvgIpc) is 2.31. The van der Waals surface area contributed by atoms with Gasteiger partial charge in [0.05, 0.1) is 5.69 Å². The molecule has 1 aromatic heterocycles. The monoisotopic (exact) mass is 203 g/mol. The summed E-state index contributed by atoms with van der Waals surface area (Å²) >= 11 is 0. The first-order chi connectivity index (χ1) is 5.74. The number of nitrogens with zero attached hydrogens (tertiary/aromatic N) is 2. The molecule has 0 saturated heterocycles. The molecule has 1 aromatic rings. The third-order valence-electron chi connectivity index (χ3n) is 1.93. The molecule has 0 spiro atoms. The average molecular weight is 204 g/mol. The highest BCUT2D eigenvalue weighted by Gasteiger charge is 1.98. The second-order valence-electron chi connectivity index (χ2n) is 3.15. The van der Waals surface area contributed by atoms with E-state index < -0.39 is 0 Å². The summed E-state index contributed by atoms with van der Waals surface area (Å²) in [5.74, 6) is 0. The molecule has 1 rings (SSSR count). The van der Waals surface area contributed by atoms with E-state index in [1.165, 1.54) is 5.69 Å². The normalized spacial score (nSPS) is 9.77. The van der Waals surface area contributed by atoms with Crippen LogP contribution in [0, 0.1) is 13.8 Å². The molecule has 0 saturated carbocycles. The molecule has 0 aliphatic rings. The molecule has 3 nitrogen and oxygen atoms in total. The van der Waals surface area contributed by atoms with E-state index in [0.29, 0.717) is 0 Å². The Morgan fingerprint density at radius 2 is 2.08 bits per heavy atom. The Morgan fingerprint density at radius 1 is 1.38 bits per heavy atom. The number of aryl methyl sites for hydroxylation is 3. The van der Waals surface area contributed by atoms with Crippen molar-refractivity contribution < 1.29 is 0 Å². The highest BCUT2D eigenvalue weighted by molar-refractivity contribution is 5.85. The fourth-order valence-corrected chi connectivity index (χ4v) is 1.31. The molecule has 0 aliphatic heterocycles. The summed E-state index contributed by atoms with van der Waals surface area (Å²) in [4.78, 5) is 0. The predicted molar refractivity (Wildman–Crippen MR) is 57.2 cm³/mol. The van der Waals surface area contributed by atoms with Gasteiger partial charge in [0.2, 0.25) is 0 Å². The Hall–Kier alpha value is -0.540. The van der Waals surface area contributed by atoms with Crippen LogP contribution >= 0.6 is 12.4 Å². The van der Waals surface area contributed by atoms with Crippen LogP contribution in [0.4, 0.5) is 0 Å². The van der Waals surface area contributed by atoms with Crippen LogP contribution in [0.1, 0.15) is 24.2 Å². The van der Waals surface area contributed by atoms with E-state index in [0.717, 1.165) is 31.6 Å². The van der Waals surface area contributed by atoms with Crippen LogP contribution in [0.5, 0.6) is 0 Å². The van der Waals surface area contributed by atoms with Gasteiger partial charge in [-0.05, 0) is 39.3 Å². The molecule has 76 valence electrons. The van der Waals surface area contributed by atoms with Crippen molar-refractivity contribution >= 4 is 12.4 Å². The smallest absolute Gasteiger partial charge is 0.0596 e. The Labute approximate surface area is 85.7 Å². The van der Waals surface area contributed by atoms with Crippen LogP contribution in [-0.2, 0) is 6.54 Å². The lowest BCUT2D eigenvalue weighted by Crippen LogP contribution is -2.05. The van der Waals surface area contributed by atoms with Gasteiger partial charge < -0.3 is 5.73 Å². The second kappa shape index (κ2) is 6.00. The number of nitrogens with two attached hydrogens (primary N) is 1. The SMILES string of the molecule is Cc1cc(C)n(CCCCN)n1.Cl. The molecular weight excluding hydrogens is 186 g/mol. The molecule has 0 radical (unpaired) electrons. The summed E-state index contributed by atoms with van der Waals surface area (Å²) in [5.41, 5.74) is 7.74. The Kier molecular flexibility index (Phi) is 5.75. The molecule has 1 heterocycles. The fourth-order valence-electron chi connectivity index (χ4n) is 1.31. The van der Waals surface area contributed by atoms with Crippen molar-refractivity contribution in [3.63, 3.8) is 0 Å². The molecule has 4 heteroatoms. The number of hydrogen-bond acceptors (Lipinski definition) is 2. The van der Waals surface area contributed by atoms with Crippen molar-refractivity contribution in [2.45, 2.75) is 33.2 Å². The number of rotatable bonds is 4. The van der Waals surface area contributed by atoms with Gasteiger partial charge in [-0.2, -0.15) is 5.10 Å². The molecular formula is C9H18ClN3. The lowest BCUT2D eigenvalue weighted by Gasteiger charge is -2.02. The summed E-state index contributed by atoms with van der Waals surface area (Å²) in [6, 6.07) is 2.10. The van der Waals surface area contributed by atoms with Gasteiger partial charge in [-0.3, -0.25) is 4.68 Å². The zero-order chi connectivity index (χ0) is 8.97. The van der Waals surface area contributed by atoms with E-state index in [1.54, 1.807) is 0 Å². The maximum absolute atomic E-state index is 5.41. The largest absolute Gasteiger partial charge is 0.330 e. The third kappa shape index (κ3) is 3.79. The van der Waals surface area contributed by atoms with Gasteiger partial charge in [-0.1, -0.05) is 0 Å². The van der Waals surface area contributed by atoms with E-state index in [9.17, 15) is 0 Å². The van der Waals surface area contributed by atoms with Gasteiger partial charge in [0, 0.05) is 12.2 Å². The number of hydrogen-bond donors (Lipinski definition) is 1. The minimum Gasteiger partial charge on any atom is -0.330 e. The Bertz CT molecular complexity index is 245. The summed E-state index contributed by atoms with van der Waals surface area (Å²) in [5, 5.41) is 4.36. The molecule has 0 unspecified atom stereocenters. The molecule has 0 amide bonds. The molecule has 0 bridgehead atoms. The van der Waals surface area contributed by atoms with E-state index in [4.69, 9.17) is 5.73 Å². The van der Waals surface area contributed by atoms with Crippen LogP contribution < -0.4 is 5.73 Å². The van der Waals surface area contributed by atoms with Crippen LogP contribution in [-0.4, -0.2) is 16.3 Å². The van der Waals surface area contributed by atoms with Crippen molar-refractivity contribution in [3.05, 3.63) is 17.5 Å². The van der Waals surface area contributed by atoms with Gasteiger partial charge in [-0.15, -0.1) is 12.4 Å². The highest BCUT2D eigenvalue weighted by Crippen LogP contribution is 2.03. The number of unbranched alkanes of at least 4 members (excludes halogenated alkanes) is 1. The minimum absolute atomic E-state index is 0. The van der Waals surface area contributed by atoms with E-state index in [-0.39, 0.29) is 12.4 Å². The second-order valence-corrected chi connectivity index (χ2v) is 3.15. The number of aromatic nitrogens is 2. The van der Waals surface area contributed by atoms with Gasteiger partial charge >= 0.3 is 0 Å². The van der Waals surface area contributed by atoms with Crippen LogP contribution in [0.2, 0.25) is 0 Å². The third-order valence-corrected chi connectivity index (χ3v) is 1.93. The van der Waals surface area contributed by atoms with E-state index >= 15 is 0 Å². The van der Waals surface area contributed by atoms with Crippen LogP contribution in [0.25, 0.3) is 0 Å². The summed E-state index contributed by atoms with van der Waals surface area (Å²) < 4.78 is 2.05. The van der Waals surface area contributed by atoms with Gasteiger partial charge in [0.1, 0.15) is 0 Å². The molecule has 2 N–H and O–H groups in total. The van der Waals surface area contributed by atoms with Gasteiger partial charge in [0.15, 0.2) is 0 Å². The van der Waals surface area contributed by atoms with Crippen LogP contribution in [0.3, 0.4) is 0 Å². The van der Waals surface area contributed by atoms with Crippen molar-refractivity contribution in [2.75, 3.05) is 6.54 Å². The van der Waals surface area contributed by atoms with Crippen molar-refractivity contribution in [3.8, 4) is 0 Å². The minimum atomic E-state index is 0. The zero-order valence-corrected chi connectivity index (χ0v) is 9.10. The van der Waals surface area contributed by atoms with Crippen molar-refractivity contribution in [1.82, 2.24) is 9.78 Å². The van der Waals surface area contributed by atoms with Crippen molar-refractivity contribution in [1.29, 1.82) is 0 Å². The maximum atomic E-state index is 5.41. The molecule has 0 aliphatic carbocycles. The first-order valence-electron chi connectivity index (χ1n) is 4.45. The summed E-state index contributed by atoms with van der Waals surface area (Å²) in [7, 11) is 0. The number of halogens is 1. The Morgan fingerprint density at radius 3 is 2.54 bits per heavy atom. The summed E-state index contributed by atoms with van der Waals surface area (Å²) in [6.07, 6.45) is 2.21.